The molecule has 0 aromatic rings. The zero-order valence-corrected chi connectivity index (χ0v) is 11.5. The number of hydrogen-bond donors (Lipinski definition) is 1. The zero-order chi connectivity index (χ0) is 12.2. The summed E-state index contributed by atoms with van der Waals surface area (Å²) in [7, 11) is 0. The van der Waals surface area contributed by atoms with Gasteiger partial charge in [0.1, 0.15) is 0 Å². The summed E-state index contributed by atoms with van der Waals surface area (Å²) in [5, 5.41) is 3.04. The van der Waals surface area contributed by atoms with Crippen molar-refractivity contribution in [3.63, 3.8) is 0 Å². The number of thioether (sulfide) groups is 1. The van der Waals surface area contributed by atoms with Crippen molar-refractivity contribution in [2.45, 2.75) is 57.4 Å². The minimum absolute atomic E-state index is 0.0316. The molecule has 0 bridgehead atoms. The zero-order valence-electron chi connectivity index (χ0n) is 10.7. The molecule has 1 fully saturated rings. The van der Waals surface area contributed by atoms with E-state index in [4.69, 9.17) is 4.74 Å². The van der Waals surface area contributed by atoms with Crippen molar-refractivity contribution in [3.05, 3.63) is 0 Å². The monoisotopic (exact) mass is 245 g/mol. The first-order chi connectivity index (χ1) is 7.38. The molecule has 94 valence electrons. The number of amides is 1. The van der Waals surface area contributed by atoms with Gasteiger partial charge in [-0.25, -0.2) is 0 Å². The number of carbonyl (C=O) groups is 1. The first-order valence-electron chi connectivity index (χ1n) is 5.94. The predicted molar refractivity (Wildman–Crippen MR) is 68.8 cm³/mol. The maximum absolute atomic E-state index is 11.6. The summed E-state index contributed by atoms with van der Waals surface area (Å²) in [5.41, 5.74) is -0.0833. The van der Waals surface area contributed by atoms with Crippen LogP contribution in [0.2, 0.25) is 0 Å². The highest BCUT2D eigenvalue weighted by Gasteiger charge is 2.25. The molecule has 1 aliphatic rings. The van der Waals surface area contributed by atoms with Crippen molar-refractivity contribution in [1.82, 2.24) is 5.32 Å². The molecule has 1 N–H and O–H groups in total. The van der Waals surface area contributed by atoms with Gasteiger partial charge in [-0.15, -0.1) is 11.8 Å². The summed E-state index contributed by atoms with van der Waals surface area (Å²) < 4.78 is 5.60. The van der Waals surface area contributed by atoms with Crippen LogP contribution in [0.25, 0.3) is 0 Å². The average Bonchev–Trinajstić information content (AvgIpc) is 2.94. The van der Waals surface area contributed by atoms with Crippen LogP contribution in [0.5, 0.6) is 0 Å². The molecule has 1 saturated carbocycles. The second kappa shape index (κ2) is 5.92. The lowest BCUT2D eigenvalue weighted by Crippen LogP contribution is -2.33. The molecule has 4 heteroatoms. The van der Waals surface area contributed by atoms with Gasteiger partial charge in [0.15, 0.2) is 0 Å². The lowest BCUT2D eigenvalue weighted by Gasteiger charge is -2.20. The molecule has 0 saturated heterocycles. The van der Waals surface area contributed by atoms with Gasteiger partial charge in [-0.3, -0.25) is 4.79 Å². The Balaban J connectivity index is 2.04. The molecule has 0 heterocycles. The van der Waals surface area contributed by atoms with E-state index >= 15 is 0 Å². The van der Waals surface area contributed by atoms with Gasteiger partial charge in [0.2, 0.25) is 5.91 Å². The van der Waals surface area contributed by atoms with Crippen LogP contribution in [-0.2, 0) is 9.53 Å². The van der Waals surface area contributed by atoms with Crippen molar-refractivity contribution in [2.24, 2.45) is 0 Å². The summed E-state index contributed by atoms with van der Waals surface area (Å²) in [6.45, 7) is 8.79. The Morgan fingerprint density at radius 2 is 2.12 bits per heavy atom. The van der Waals surface area contributed by atoms with E-state index in [0.717, 1.165) is 18.6 Å². The Hall–Kier alpha value is -0.220. The summed E-state index contributed by atoms with van der Waals surface area (Å²) in [6.07, 6.45) is 2.30. The Morgan fingerprint density at radius 1 is 1.50 bits per heavy atom. The molecule has 0 unspecified atom stereocenters. The van der Waals surface area contributed by atoms with Crippen LogP contribution in [0.15, 0.2) is 0 Å². The molecular formula is C12H23NO2S. The largest absolute Gasteiger partial charge is 0.375 e. The third kappa shape index (κ3) is 6.38. The Bertz CT molecular complexity index is 234. The molecule has 0 aliphatic heterocycles. The van der Waals surface area contributed by atoms with Crippen molar-refractivity contribution in [2.75, 3.05) is 12.4 Å². The van der Waals surface area contributed by atoms with Crippen molar-refractivity contribution >= 4 is 17.7 Å². The lowest BCUT2D eigenvalue weighted by molar-refractivity contribution is -0.120. The SMILES string of the molecule is C[C@H](SCCOC(C)(C)C)C(=O)NC1CC1. The van der Waals surface area contributed by atoms with Crippen LogP contribution in [0.4, 0.5) is 0 Å². The van der Waals surface area contributed by atoms with Gasteiger partial charge < -0.3 is 10.1 Å². The molecule has 1 aliphatic carbocycles. The standard InChI is InChI=1S/C12H23NO2S/c1-9(11(14)13-10-5-6-10)16-8-7-15-12(2,3)4/h9-10H,5-8H2,1-4H3,(H,13,14)/t9-/m0/s1. The summed E-state index contributed by atoms with van der Waals surface area (Å²) in [5.74, 6) is 1.04. The maximum Gasteiger partial charge on any atom is 0.233 e. The Morgan fingerprint density at radius 3 is 2.62 bits per heavy atom. The molecule has 0 radical (unpaired) electrons. The number of hydrogen-bond acceptors (Lipinski definition) is 3. The summed E-state index contributed by atoms with van der Waals surface area (Å²) in [4.78, 5) is 11.6. The minimum atomic E-state index is -0.0833. The molecular weight excluding hydrogens is 222 g/mol. The average molecular weight is 245 g/mol. The molecule has 3 nitrogen and oxygen atoms in total. The third-order valence-electron chi connectivity index (χ3n) is 2.28. The summed E-state index contributed by atoms with van der Waals surface area (Å²) >= 11 is 1.66. The number of rotatable bonds is 6. The fraction of sp³-hybridized carbons (Fsp3) is 0.917. The van der Waals surface area contributed by atoms with E-state index in [-0.39, 0.29) is 16.8 Å². The van der Waals surface area contributed by atoms with E-state index in [1.165, 1.54) is 0 Å². The molecule has 1 atom stereocenters. The van der Waals surface area contributed by atoms with Gasteiger partial charge in [0.05, 0.1) is 17.5 Å². The van der Waals surface area contributed by atoms with Gasteiger partial charge in [-0.05, 0) is 40.5 Å². The normalized spacial score (nSPS) is 18.2. The van der Waals surface area contributed by atoms with Gasteiger partial charge >= 0.3 is 0 Å². The Labute approximate surface area is 103 Å². The smallest absolute Gasteiger partial charge is 0.233 e. The molecule has 0 spiro atoms. The van der Waals surface area contributed by atoms with E-state index < -0.39 is 0 Å². The number of ether oxygens (including phenoxy) is 1. The van der Waals surface area contributed by atoms with E-state index in [2.05, 4.69) is 5.32 Å². The molecule has 0 aromatic carbocycles. The Kier molecular flexibility index (Phi) is 5.12. The van der Waals surface area contributed by atoms with Crippen LogP contribution in [0.3, 0.4) is 0 Å². The molecule has 1 rings (SSSR count). The maximum atomic E-state index is 11.6. The van der Waals surface area contributed by atoms with Crippen LogP contribution in [0.1, 0.15) is 40.5 Å². The summed E-state index contributed by atoms with van der Waals surface area (Å²) in [6, 6.07) is 0.460. The van der Waals surface area contributed by atoms with Crippen molar-refractivity contribution in [3.8, 4) is 0 Å². The van der Waals surface area contributed by atoms with Crippen molar-refractivity contribution in [1.29, 1.82) is 0 Å². The van der Waals surface area contributed by atoms with E-state index in [1.807, 2.05) is 27.7 Å². The fourth-order valence-electron chi connectivity index (χ4n) is 1.19. The second-order valence-corrected chi connectivity index (χ2v) is 6.71. The predicted octanol–water partition coefficient (Wildman–Crippen LogP) is 2.20. The van der Waals surface area contributed by atoms with E-state index in [1.54, 1.807) is 11.8 Å². The topological polar surface area (TPSA) is 38.3 Å². The van der Waals surface area contributed by atoms with Crippen LogP contribution >= 0.6 is 11.8 Å². The lowest BCUT2D eigenvalue weighted by atomic mass is 10.2. The van der Waals surface area contributed by atoms with Gasteiger partial charge in [0.25, 0.3) is 0 Å². The molecule has 1 amide bonds. The van der Waals surface area contributed by atoms with Crippen molar-refractivity contribution < 1.29 is 9.53 Å². The van der Waals surface area contributed by atoms with Crippen LogP contribution in [0, 0.1) is 0 Å². The first-order valence-corrected chi connectivity index (χ1v) is 6.99. The molecule has 16 heavy (non-hydrogen) atoms. The quantitative estimate of drug-likeness (QED) is 0.729. The fourth-order valence-corrected chi connectivity index (χ4v) is 1.95. The van der Waals surface area contributed by atoms with Gasteiger partial charge in [0, 0.05) is 11.8 Å². The highest BCUT2D eigenvalue weighted by molar-refractivity contribution is 8.00. The van der Waals surface area contributed by atoms with Crippen LogP contribution < -0.4 is 5.32 Å². The van der Waals surface area contributed by atoms with Gasteiger partial charge in [-0.1, -0.05) is 0 Å². The van der Waals surface area contributed by atoms with E-state index in [0.29, 0.717) is 12.6 Å². The number of nitrogens with one attached hydrogen (secondary N) is 1. The van der Waals surface area contributed by atoms with Gasteiger partial charge in [-0.2, -0.15) is 0 Å². The van der Waals surface area contributed by atoms with E-state index in [9.17, 15) is 4.79 Å². The van der Waals surface area contributed by atoms with Crippen LogP contribution in [-0.4, -0.2) is 35.2 Å². The first kappa shape index (κ1) is 13.8. The number of carbonyl (C=O) groups excluding carboxylic acids is 1. The molecule has 0 aromatic heterocycles. The third-order valence-corrected chi connectivity index (χ3v) is 3.40. The minimum Gasteiger partial charge on any atom is -0.375 e. The second-order valence-electron chi connectivity index (χ2n) is 5.26. The highest BCUT2D eigenvalue weighted by Crippen LogP contribution is 2.20. The highest BCUT2D eigenvalue weighted by atomic mass is 32.2.